The number of hydrogen-bond donors (Lipinski definition) is 2. The van der Waals surface area contributed by atoms with Crippen LogP contribution in [0.2, 0.25) is 0 Å². The summed E-state index contributed by atoms with van der Waals surface area (Å²) in [5, 5.41) is 20.8. The summed E-state index contributed by atoms with van der Waals surface area (Å²) in [5.41, 5.74) is 2.38. The molecular weight excluding hydrogens is 322 g/mol. The van der Waals surface area contributed by atoms with Gasteiger partial charge in [-0.25, -0.2) is 9.67 Å². The highest BCUT2D eigenvalue weighted by atomic mass is 16.5. The lowest BCUT2D eigenvalue weighted by Gasteiger charge is -2.00. The van der Waals surface area contributed by atoms with Gasteiger partial charge in [0, 0.05) is 18.1 Å². The average molecular weight is 339 g/mol. The van der Waals surface area contributed by atoms with Crippen LogP contribution in [-0.2, 0) is 16.1 Å². The Hall–Kier alpha value is -3.00. The molecule has 1 unspecified atom stereocenters. The standard InChI is InChI=1S/C17H17N5O3/c23-15(24)9-22-17(18-16(21-22)12-6-7-25-10-12)14-8-13(19-20-14)11-4-2-1-3-5-11/h1-5,8,12H,6-7,9-10H2,(H,19,20)(H,23,24). The maximum atomic E-state index is 11.2. The number of rotatable bonds is 5. The third kappa shape index (κ3) is 3.16. The number of ether oxygens (including phenoxy) is 1. The quantitative estimate of drug-likeness (QED) is 0.736. The molecule has 1 aliphatic rings. The van der Waals surface area contributed by atoms with Gasteiger partial charge in [0.25, 0.3) is 0 Å². The molecule has 8 nitrogen and oxygen atoms in total. The van der Waals surface area contributed by atoms with Crippen LogP contribution >= 0.6 is 0 Å². The molecule has 0 bridgehead atoms. The van der Waals surface area contributed by atoms with Crippen LogP contribution in [0, 0.1) is 0 Å². The van der Waals surface area contributed by atoms with Gasteiger partial charge in [-0.05, 0) is 12.5 Å². The predicted molar refractivity (Wildman–Crippen MR) is 88.9 cm³/mol. The molecule has 3 aromatic rings. The minimum Gasteiger partial charge on any atom is -0.480 e. The first kappa shape index (κ1) is 15.5. The van der Waals surface area contributed by atoms with Gasteiger partial charge >= 0.3 is 5.97 Å². The van der Waals surface area contributed by atoms with E-state index in [-0.39, 0.29) is 12.5 Å². The molecule has 2 N–H and O–H groups in total. The maximum Gasteiger partial charge on any atom is 0.325 e. The second-order valence-electron chi connectivity index (χ2n) is 5.94. The van der Waals surface area contributed by atoms with Crippen LogP contribution in [0.3, 0.4) is 0 Å². The van der Waals surface area contributed by atoms with E-state index in [1.165, 1.54) is 4.68 Å². The topological polar surface area (TPSA) is 106 Å². The van der Waals surface area contributed by atoms with E-state index in [1.807, 2.05) is 36.4 Å². The zero-order valence-corrected chi connectivity index (χ0v) is 13.4. The number of nitrogens with one attached hydrogen (secondary N) is 1. The Morgan fingerprint density at radius 2 is 2.20 bits per heavy atom. The smallest absolute Gasteiger partial charge is 0.325 e. The summed E-state index contributed by atoms with van der Waals surface area (Å²) in [4.78, 5) is 15.7. The van der Waals surface area contributed by atoms with E-state index in [9.17, 15) is 4.79 Å². The van der Waals surface area contributed by atoms with Gasteiger partial charge in [-0.3, -0.25) is 9.89 Å². The number of carboxylic acids is 1. The first-order chi connectivity index (χ1) is 12.2. The Morgan fingerprint density at radius 1 is 1.36 bits per heavy atom. The molecule has 0 saturated carbocycles. The molecular formula is C17H17N5O3. The van der Waals surface area contributed by atoms with Crippen LogP contribution in [0.1, 0.15) is 18.2 Å². The van der Waals surface area contributed by atoms with Gasteiger partial charge in [0.15, 0.2) is 11.6 Å². The third-order valence-corrected chi connectivity index (χ3v) is 4.16. The van der Waals surface area contributed by atoms with Crippen molar-refractivity contribution in [2.24, 2.45) is 0 Å². The van der Waals surface area contributed by atoms with Crippen LogP contribution in [0.15, 0.2) is 36.4 Å². The number of nitrogens with zero attached hydrogens (tertiary/aromatic N) is 4. The van der Waals surface area contributed by atoms with Crippen molar-refractivity contribution in [3.63, 3.8) is 0 Å². The highest BCUT2D eigenvalue weighted by Crippen LogP contribution is 2.27. The normalized spacial score (nSPS) is 17.0. The molecule has 1 saturated heterocycles. The number of H-pyrrole nitrogens is 1. The lowest BCUT2D eigenvalue weighted by Crippen LogP contribution is -2.12. The van der Waals surface area contributed by atoms with Gasteiger partial charge in [-0.15, -0.1) is 0 Å². The first-order valence-electron chi connectivity index (χ1n) is 8.06. The van der Waals surface area contributed by atoms with E-state index in [1.54, 1.807) is 0 Å². The van der Waals surface area contributed by atoms with Gasteiger partial charge in [0.1, 0.15) is 12.2 Å². The van der Waals surface area contributed by atoms with Crippen LogP contribution in [0.5, 0.6) is 0 Å². The number of benzene rings is 1. The molecule has 0 radical (unpaired) electrons. The Balaban J connectivity index is 1.71. The van der Waals surface area contributed by atoms with E-state index in [0.29, 0.717) is 30.6 Å². The highest BCUT2D eigenvalue weighted by Gasteiger charge is 2.25. The SMILES string of the molecule is O=C(O)Cn1nc(C2CCOC2)nc1-c1cc(-c2ccccc2)n[nH]1. The van der Waals surface area contributed by atoms with Crippen LogP contribution in [-0.4, -0.2) is 49.3 Å². The Labute approximate surface area is 143 Å². The molecule has 128 valence electrons. The number of carbonyl (C=O) groups is 1. The van der Waals surface area contributed by atoms with E-state index < -0.39 is 5.97 Å². The van der Waals surface area contributed by atoms with E-state index >= 15 is 0 Å². The van der Waals surface area contributed by atoms with Gasteiger partial charge in [-0.2, -0.15) is 10.2 Å². The molecule has 0 aliphatic carbocycles. The van der Waals surface area contributed by atoms with Crippen LogP contribution in [0.4, 0.5) is 0 Å². The molecule has 2 aromatic heterocycles. The minimum atomic E-state index is -0.969. The lowest BCUT2D eigenvalue weighted by atomic mass is 10.1. The number of carboxylic acid groups (broad SMARTS) is 1. The summed E-state index contributed by atoms with van der Waals surface area (Å²) in [6.45, 7) is 0.986. The minimum absolute atomic E-state index is 0.102. The molecule has 0 spiro atoms. The molecule has 8 heteroatoms. The number of aliphatic carboxylic acids is 1. The highest BCUT2D eigenvalue weighted by molar-refractivity contribution is 5.68. The summed E-state index contributed by atoms with van der Waals surface area (Å²) >= 11 is 0. The maximum absolute atomic E-state index is 11.2. The Kier molecular flexibility index (Phi) is 4.02. The first-order valence-corrected chi connectivity index (χ1v) is 8.06. The van der Waals surface area contributed by atoms with Gasteiger partial charge in [0.05, 0.1) is 12.3 Å². The summed E-state index contributed by atoms with van der Waals surface area (Å²) in [6.07, 6.45) is 0.842. The summed E-state index contributed by atoms with van der Waals surface area (Å²) in [7, 11) is 0. The van der Waals surface area contributed by atoms with Crippen molar-refractivity contribution < 1.29 is 14.6 Å². The number of aromatic nitrogens is 5. The Morgan fingerprint density at radius 3 is 2.92 bits per heavy atom. The fourth-order valence-corrected chi connectivity index (χ4v) is 2.90. The monoisotopic (exact) mass is 339 g/mol. The molecule has 25 heavy (non-hydrogen) atoms. The fourth-order valence-electron chi connectivity index (χ4n) is 2.90. The van der Waals surface area contributed by atoms with E-state index in [4.69, 9.17) is 9.84 Å². The molecule has 1 aliphatic heterocycles. The van der Waals surface area contributed by atoms with Crippen molar-refractivity contribution in [3.05, 3.63) is 42.2 Å². The van der Waals surface area contributed by atoms with Crippen molar-refractivity contribution in [1.82, 2.24) is 25.0 Å². The summed E-state index contributed by atoms with van der Waals surface area (Å²) < 4.78 is 6.78. The van der Waals surface area contributed by atoms with Crippen LogP contribution in [0.25, 0.3) is 22.8 Å². The molecule has 4 rings (SSSR count). The zero-order valence-electron chi connectivity index (χ0n) is 13.4. The molecule has 0 amide bonds. The molecule has 1 atom stereocenters. The lowest BCUT2D eigenvalue weighted by molar-refractivity contribution is -0.137. The second kappa shape index (κ2) is 6.48. The molecule has 1 fully saturated rings. The van der Waals surface area contributed by atoms with Crippen molar-refractivity contribution in [1.29, 1.82) is 0 Å². The van der Waals surface area contributed by atoms with E-state index in [0.717, 1.165) is 17.7 Å². The van der Waals surface area contributed by atoms with Gasteiger partial charge < -0.3 is 9.84 Å². The average Bonchev–Trinajstić information content (AvgIpc) is 3.35. The Bertz CT molecular complexity index is 881. The molecule has 3 heterocycles. The van der Waals surface area contributed by atoms with Crippen molar-refractivity contribution >= 4 is 5.97 Å². The van der Waals surface area contributed by atoms with Crippen molar-refractivity contribution in [2.45, 2.75) is 18.9 Å². The van der Waals surface area contributed by atoms with Gasteiger partial charge in [0.2, 0.25) is 0 Å². The van der Waals surface area contributed by atoms with Gasteiger partial charge in [-0.1, -0.05) is 30.3 Å². The van der Waals surface area contributed by atoms with E-state index in [2.05, 4.69) is 20.3 Å². The number of aromatic amines is 1. The third-order valence-electron chi connectivity index (χ3n) is 4.16. The van der Waals surface area contributed by atoms with Crippen LogP contribution < -0.4 is 0 Å². The zero-order chi connectivity index (χ0) is 17.2. The van der Waals surface area contributed by atoms with Crippen molar-refractivity contribution in [2.75, 3.05) is 13.2 Å². The fraction of sp³-hybridized carbons (Fsp3) is 0.294. The molecule has 1 aromatic carbocycles. The summed E-state index contributed by atoms with van der Waals surface area (Å²) in [6, 6.07) is 11.6. The number of hydrogen-bond acceptors (Lipinski definition) is 5. The summed E-state index contributed by atoms with van der Waals surface area (Å²) in [5.74, 6) is 0.220. The predicted octanol–water partition coefficient (Wildman–Crippen LogP) is 1.92. The largest absolute Gasteiger partial charge is 0.480 e. The second-order valence-corrected chi connectivity index (χ2v) is 5.94. The van der Waals surface area contributed by atoms with Crippen molar-refractivity contribution in [3.8, 4) is 22.8 Å².